The summed E-state index contributed by atoms with van der Waals surface area (Å²) in [4.78, 5) is 23.9. The van der Waals surface area contributed by atoms with Crippen LogP contribution in [0.3, 0.4) is 0 Å². The second kappa shape index (κ2) is 7.81. The van der Waals surface area contributed by atoms with E-state index in [1.54, 1.807) is 30.3 Å². The number of benzene rings is 2. The molecule has 0 unspecified atom stereocenters. The average molecular weight is 306 g/mol. The summed E-state index contributed by atoms with van der Waals surface area (Å²) >= 11 is 0. The van der Waals surface area contributed by atoms with Crippen LogP contribution in [0.25, 0.3) is 0 Å². The van der Waals surface area contributed by atoms with Crippen LogP contribution < -0.4 is 10.6 Å². The van der Waals surface area contributed by atoms with Gasteiger partial charge in [0.25, 0.3) is 5.91 Å². The Morgan fingerprint density at radius 1 is 1.13 bits per heavy atom. The monoisotopic (exact) mass is 306 g/mol. The fourth-order valence-electron chi connectivity index (χ4n) is 2.12. The van der Waals surface area contributed by atoms with Gasteiger partial charge in [0, 0.05) is 29.8 Å². The second-order valence-electron chi connectivity index (χ2n) is 5.09. The molecule has 0 saturated carbocycles. The van der Waals surface area contributed by atoms with Crippen LogP contribution >= 0.6 is 0 Å². The first-order valence-electron chi connectivity index (χ1n) is 7.30. The first-order chi connectivity index (χ1) is 11.1. The zero-order valence-electron chi connectivity index (χ0n) is 12.9. The number of hydrogen-bond acceptors (Lipinski definition) is 2. The molecular weight excluding hydrogens is 288 g/mol. The van der Waals surface area contributed by atoms with Gasteiger partial charge in [-0.15, -0.1) is 6.42 Å². The third-order valence-corrected chi connectivity index (χ3v) is 3.34. The van der Waals surface area contributed by atoms with E-state index in [0.29, 0.717) is 16.8 Å². The highest BCUT2D eigenvalue weighted by Gasteiger charge is 2.08. The lowest BCUT2D eigenvalue weighted by Crippen LogP contribution is -2.28. The number of hydrogen-bond donors (Lipinski definition) is 2. The van der Waals surface area contributed by atoms with Crippen molar-refractivity contribution in [1.29, 1.82) is 0 Å². The fraction of sp³-hybridized carbons (Fsp3) is 0.158. The third kappa shape index (κ3) is 4.72. The van der Waals surface area contributed by atoms with E-state index in [1.165, 1.54) is 0 Å². The van der Waals surface area contributed by atoms with E-state index in [1.807, 2.05) is 25.1 Å². The minimum absolute atomic E-state index is 0.176. The number of terminal acetylenes is 1. The Labute approximate surface area is 135 Å². The lowest BCUT2D eigenvalue weighted by Gasteiger charge is -2.08. The molecule has 2 aromatic rings. The Bertz CT molecular complexity index is 760. The SMILES string of the molecule is C#Cc1cccc(NC(=O)CCNC(=O)c2ccccc2C)c1. The van der Waals surface area contributed by atoms with Crippen LogP contribution in [0.5, 0.6) is 0 Å². The molecule has 2 amide bonds. The van der Waals surface area contributed by atoms with Crippen molar-refractivity contribution in [3.05, 3.63) is 65.2 Å². The molecule has 0 fully saturated rings. The smallest absolute Gasteiger partial charge is 0.251 e. The van der Waals surface area contributed by atoms with E-state index >= 15 is 0 Å². The van der Waals surface area contributed by atoms with Crippen molar-refractivity contribution in [3.63, 3.8) is 0 Å². The molecule has 0 radical (unpaired) electrons. The Balaban J connectivity index is 1.82. The molecule has 2 aromatic carbocycles. The van der Waals surface area contributed by atoms with Crippen LogP contribution in [0.4, 0.5) is 5.69 Å². The number of nitrogens with one attached hydrogen (secondary N) is 2. The van der Waals surface area contributed by atoms with Gasteiger partial charge in [-0.2, -0.15) is 0 Å². The van der Waals surface area contributed by atoms with E-state index < -0.39 is 0 Å². The molecule has 2 N–H and O–H groups in total. The van der Waals surface area contributed by atoms with Crippen molar-refractivity contribution in [2.75, 3.05) is 11.9 Å². The zero-order valence-corrected chi connectivity index (χ0v) is 12.9. The molecule has 2 rings (SSSR count). The highest BCUT2D eigenvalue weighted by molar-refractivity contribution is 5.96. The average Bonchev–Trinajstić information content (AvgIpc) is 2.55. The van der Waals surface area contributed by atoms with E-state index in [2.05, 4.69) is 16.6 Å². The number of carbonyl (C=O) groups excluding carboxylic acids is 2. The molecule has 0 spiro atoms. The van der Waals surface area contributed by atoms with Crippen LogP contribution in [0, 0.1) is 19.3 Å². The van der Waals surface area contributed by atoms with Gasteiger partial charge in [-0.3, -0.25) is 9.59 Å². The van der Waals surface area contributed by atoms with Crippen molar-refractivity contribution in [3.8, 4) is 12.3 Å². The third-order valence-electron chi connectivity index (χ3n) is 3.34. The van der Waals surface area contributed by atoms with Gasteiger partial charge >= 0.3 is 0 Å². The summed E-state index contributed by atoms with van der Waals surface area (Å²) in [6.07, 6.45) is 5.51. The van der Waals surface area contributed by atoms with Gasteiger partial charge in [-0.1, -0.05) is 30.2 Å². The van der Waals surface area contributed by atoms with Crippen molar-refractivity contribution < 1.29 is 9.59 Å². The second-order valence-corrected chi connectivity index (χ2v) is 5.09. The molecular formula is C19H18N2O2. The summed E-state index contributed by atoms with van der Waals surface area (Å²) in [5.74, 6) is 2.16. The van der Waals surface area contributed by atoms with E-state index in [4.69, 9.17) is 6.42 Å². The largest absolute Gasteiger partial charge is 0.352 e. The maximum atomic E-state index is 12.0. The highest BCUT2D eigenvalue weighted by Crippen LogP contribution is 2.10. The molecule has 0 aliphatic heterocycles. The number of aryl methyl sites for hydroxylation is 1. The van der Waals surface area contributed by atoms with E-state index in [0.717, 1.165) is 5.56 Å². The van der Waals surface area contributed by atoms with Gasteiger partial charge in [-0.05, 0) is 36.8 Å². The summed E-state index contributed by atoms with van der Waals surface area (Å²) in [6.45, 7) is 2.15. The molecule has 0 bridgehead atoms. The predicted octanol–water partition coefficient (Wildman–Crippen LogP) is 2.73. The molecule has 0 aliphatic carbocycles. The lowest BCUT2D eigenvalue weighted by atomic mass is 10.1. The van der Waals surface area contributed by atoms with Crippen molar-refractivity contribution in [2.45, 2.75) is 13.3 Å². The molecule has 4 nitrogen and oxygen atoms in total. The maximum absolute atomic E-state index is 12.0. The number of anilines is 1. The predicted molar refractivity (Wildman–Crippen MR) is 91.1 cm³/mol. The molecule has 116 valence electrons. The molecule has 4 heteroatoms. The van der Waals surface area contributed by atoms with Gasteiger partial charge < -0.3 is 10.6 Å². The van der Waals surface area contributed by atoms with Crippen molar-refractivity contribution in [2.24, 2.45) is 0 Å². The number of amides is 2. The first-order valence-corrected chi connectivity index (χ1v) is 7.30. The minimum atomic E-state index is -0.177. The van der Waals surface area contributed by atoms with Crippen LogP contribution in [0.15, 0.2) is 48.5 Å². The van der Waals surface area contributed by atoms with Crippen molar-refractivity contribution in [1.82, 2.24) is 5.32 Å². The van der Waals surface area contributed by atoms with Crippen LogP contribution in [-0.2, 0) is 4.79 Å². The summed E-state index contributed by atoms with van der Waals surface area (Å²) in [6, 6.07) is 14.4. The van der Waals surface area contributed by atoms with E-state index in [-0.39, 0.29) is 24.8 Å². The lowest BCUT2D eigenvalue weighted by molar-refractivity contribution is -0.116. The van der Waals surface area contributed by atoms with Crippen LogP contribution in [0.2, 0.25) is 0 Å². The van der Waals surface area contributed by atoms with Gasteiger partial charge in [0.2, 0.25) is 5.91 Å². The summed E-state index contributed by atoms with van der Waals surface area (Å²) in [5.41, 5.74) is 2.88. The minimum Gasteiger partial charge on any atom is -0.352 e. The summed E-state index contributed by atoms with van der Waals surface area (Å²) < 4.78 is 0. The number of rotatable bonds is 5. The molecule has 0 saturated heterocycles. The number of carbonyl (C=O) groups is 2. The standard InChI is InChI=1S/C19H18N2O2/c1-3-15-8-6-9-16(13-15)21-18(22)11-12-20-19(23)17-10-5-4-7-14(17)2/h1,4-10,13H,11-12H2,2H3,(H,20,23)(H,21,22). The van der Waals surface area contributed by atoms with Gasteiger partial charge in [0.05, 0.1) is 0 Å². The van der Waals surface area contributed by atoms with Gasteiger partial charge in [-0.25, -0.2) is 0 Å². The molecule has 23 heavy (non-hydrogen) atoms. The van der Waals surface area contributed by atoms with Crippen LogP contribution in [0.1, 0.15) is 27.9 Å². The van der Waals surface area contributed by atoms with E-state index in [9.17, 15) is 9.59 Å². The van der Waals surface area contributed by atoms with Crippen LogP contribution in [-0.4, -0.2) is 18.4 Å². The Kier molecular flexibility index (Phi) is 5.54. The topological polar surface area (TPSA) is 58.2 Å². The Morgan fingerprint density at radius 3 is 2.65 bits per heavy atom. The van der Waals surface area contributed by atoms with Gasteiger partial charge in [0.15, 0.2) is 0 Å². The molecule has 0 aliphatic rings. The highest BCUT2D eigenvalue weighted by atomic mass is 16.2. The Morgan fingerprint density at radius 2 is 1.91 bits per heavy atom. The normalized spacial score (nSPS) is 9.74. The molecule has 0 atom stereocenters. The summed E-state index contributed by atoms with van der Waals surface area (Å²) in [7, 11) is 0. The van der Waals surface area contributed by atoms with Crippen molar-refractivity contribution >= 4 is 17.5 Å². The van der Waals surface area contributed by atoms with Gasteiger partial charge in [0.1, 0.15) is 0 Å². The Hall–Kier alpha value is -3.06. The molecule has 0 aromatic heterocycles. The fourth-order valence-corrected chi connectivity index (χ4v) is 2.12. The quantitative estimate of drug-likeness (QED) is 0.835. The first kappa shape index (κ1) is 16.3. The summed E-state index contributed by atoms with van der Waals surface area (Å²) in [5, 5.41) is 5.50. The molecule has 0 heterocycles. The maximum Gasteiger partial charge on any atom is 0.251 e. The zero-order chi connectivity index (χ0) is 16.7.